The highest BCUT2D eigenvalue weighted by Crippen LogP contribution is 2.04. The van der Waals surface area contributed by atoms with Crippen molar-refractivity contribution in [3.63, 3.8) is 0 Å². The van der Waals surface area contributed by atoms with Gasteiger partial charge in [-0.1, -0.05) is 28.1 Å². The third-order valence-electron chi connectivity index (χ3n) is 0.554. The molecule has 0 aliphatic carbocycles. The topological polar surface area (TPSA) is 0 Å². The molecule has 0 N–H and O–H groups in total. The summed E-state index contributed by atoms with van der Waals surface area (Å²) in [7, 11) is 0. The summed E-state index contributed by atoms with van der Waals surface area (Å²) in [6.07, 6.45) is 3.90. The molecule has 8 heavy (non-hydrogen) atoms. The van der Waals surface area contributed by atoms with Crippen LogP contribution in [0.15, 0.2) is 21.5 Å². The Bertz CT molecular complexity index is 100. The molecule has 0 aromatic heterocycles. The lowest BCUT2D eigenvalue weighted by atomic mass is 10.5. The quantitative estimate of drug-likeness (QED) is 0.480. The molecule has 0 radical (unpaired) electrons. The Kier molecular flexibility index (Phi) is 4.38. The second kappa shape index (κ2) is 4.21. The van der Waals surface area contributed by atoms with Crippen molar-refractivity contribution in [2.75, 3.05) is 0 Å². The van der Waals surface area contributed by atoms with Crippen LogP contribution < -0.4 is 0 Å². The summed E-state index contributed by atoms with van der Waals surface area (Å²) in [6, 6.07) is 0. The maximum atomic E-state index is 4.07. The van der Waals surface area contributed by atoms with Gasteiger partial charge in [-0.2, -0.15) is 0 Å². The molecule has 0 unspecified atom stereocenters. The minimum Gasteiger partial charge on any atom is -0.148 e. The lowest BCUT2D eigenvalue weighted by Crippen LogP contribution is -1.56. The summed E-state index contributed by atoms with van der Waals surface area (Å²) in [5.74, 6) is 0. The summed E-state index contributed by atoms with van der Waals surface area (Å²) in [6.45, 7) is 3.92. The van der Waals surface area contributed by atoms with Crippen molar-refractivity contribution in [3.8, 4) is 0 Å². The molecule has 0 atom stereocenters. The average molecular weight is 193 g/mol. The minimum absolute atomic E-state index is 1.02. The predicted octanol–water partition coefficient (Wildman–Crippen LogP) is 3.12. The summed E-state index contributed by atoms with van der Waals surface area (Å²) in [5.41, 5.74) is 0. The molecular weight excluding hydrogens is 184 g/mol. The lowest BCUT2D eigenvalue weighted by Gasteiger charge is -1.81. The highest BCUT2D eigenvalue weighted by atomic mass is 79.9. The van der Waals surface area contributed by atoms with Crippen LogP contribution in [0.1, 0.15) is 13.8 Å². The van der Waals surface area contributed by atoms with Gasteiger partial charge in [-0.25, -0.2) is 0 Å². The zero-order chi connectivity index (χ0) is 6.57. The third kappa shape index (κ3) is 6.31. The number of halogens is 1. The molecule has 0 heterocycles. The van der Waals surface area contributed by atoms with Gasteiger partial charge in [0.2, 0.25) is 0 Å². The van der Waals surface area contributed by atoms with Gasteiger partial charge in [0.1, 0.15) is 0 Å². The van der Waals surface area contributed by atoms with Crippen LogP contribution in [0.3, 0.4) is 0 Å². The van der Waals surface area contributed by atoms with E-state index in [4.69, 9.17) is 0 Å². The van der Waals surface area contributed by atoms with E-state index in [2.05, 4.69) is 28.6 Å². The van der Waals surface area contributed by atoms with E-state index in [1.54, 1.807) is 0 Å². The third-order valence-corrected chi connectivity index (χ3v) is 0.968. The second-order valence-electron chi connectivity index (χ2n) is 1.56. The fraction of sp³-hybridized carbons (Fsp3) is 0.333. The first-order valence-corrected chi connectivity index (χ1v) is 3.56. The Morgan fingerprint density at radius 2 is 1.88 bits per heavy atom. The summed E-state index contributed by atoms with van der Waals surface area (Å²) in [5, 5.41) is 0. The molecule has 0 aromatic rings. The molecular formula is C6H9BrS. The molecule has 0 saturated heterocycles. The van der Waals surface area contributed by atoms with Gasteiger partial charge in [-0.05, 0) is 23.2 Å². The molecule has 0 bridgehead atoms. The van der Waals surface area contributed by atoms with E-state index >= 15 is 0 Å². The van der Waals surface area contributed by atoms with Crippen LogP contribution in [-0.2, 0) is 0 Å². The van der Waals surface area contributed by atoms with Gasteiger partial charge in [0, 0.05) is 0 Å². The molecule has 0 rings (SSSR count). The molecule has 0 aromatic carbocycles. The van der Waals surface area contributed by atoms with Gasteiger partial charge >= 0.3 is 0 Å². The smallest absolute Gasteiger partial charge is 0.00801 e. The van der Waals surface area contributed by atoms with Crippen LogP contribution >= 0.6 is 28.6 Å². The van der Waals surface area contributed by atoms with Crippen LogP contribution in [0.5, 0.6) is 0 Å². The Morgan fingerprint density at radius 3 is 2.00 bits per heavy atom. The number of allylic oxidation sites excluding steroid dienone is 4. The molecule has 0 amide bonds. The van der Waals surface area contributed by atoms with E-state index < -0.39 is 0 Å². The Balaban J connectivity index is 3.76. The second-order valence-corrected chi connectivity index (χ2v) is 3.52. The largest absolute Gasteiger partial charge is 0.148 e. The molecule has 0 fully saturated rings. The summed E-state index contributed by atoms with van der Waals surface area (Å²) in [4.78, 5) is 1.02. The van der Waals surface area contributed by atoms with Gasteiger partial charge in [0.15, 0.2) is 0 Å². The van der Waals surface area contributed by atoms with Crippen molar-refractivity contribution >= 4 is 28.6 Å². The van der Waals surface area contributed by atoms with Crippen molar-refractivity contribution in [1.29, 1.82) is 0 Å². The fourth-order valence-electron chi connectivity index (χ4n) is 0.235. The van der Waals surface area contributed by atoms with E-state index in [1.165, 1.54) is 0 Å². The zero-order valence-electron chi connectivity index (χ0n) is 4.98. The van der Waals surface area contributed by atoms with Crippen molar-refractivity contribution < 1.29 is 0 Å². The Morgan fingerprint density at radius 1 is 1.38 bits per heavy atom. The highest BCUT2D eigenvalue weighted by molar-refractivity contribution is 9.11. The predicted molar refractivity (Wildman–Crippen MR) is 45.4 cm³/mol. The molecule has 2 heteroatoms. The molecule has 0 aliphatic rings. The van der Waals surface area contributed by atoms with Gasteiger partial charge in [-0.3, -0.25) is 0 Å². The minimum atomic E-state index is 1.02. The summed E-state index contributed by atoms with van der Waals surface area (Å²) < 4.78 is 1.12. The van der Waals surface area contributed by atoms with Gasteiger partial charge in [0.05, 0.1) is 0 Å². The first-order chi connectivity index (χ1) is 3.63. The van der Waals surface area contributed by atoms with Gasteiger partial charge in [-0.15, -0.1) is 12.6 Å². The van der Waals surface area contributed by atoms with Crippen LogP contribution in [-0.4, -0.2) is 0 Å². The molecule has 46 valence electrons. The van der Waals surface area contributed by atoms with E-state index in [9.17, 15) is 0 Å². The van der Waals surface area contributed by atoms with Crippen molar-refractivity contribution in [3.05, 3.63) is 21.5 Å². The first kappa shape index (κ1) is 8.31. The van der Waals surface area contributed by atoms with Crippen LogP contribution in [0.4, 0.5) is 0 Å². The average Bonchev–Trinajstić information content (AvgIpc) is 1.61. The normalized spacial score (nSPS) is 14.5. The van der Waals surface area contributed by atoms with Crippen molar-refractivity contribution in [2.24, 2.45) is 0 Å². The van der Waals surface area contributed by atoms with E-state index in [1.807, 2.05) is 26.0 Å². The standard InChI is InChI=1S/C6H9BrS/c1-5(7)3-4-6(2)8/h3-4,8H,1-2H3/b5-3+,6-4-. The fourth-order valence-corrected chi connectivity index (χ4v) is 0.442. The van der Waals surface area contributed by atoms with Crippen LogP contribution in [0.25, 0.3) is 0 Å². The number of hydrogen-bond donors (Lipinski definition) is 1. The Hall–Kier alpha value is 0.310. The molecule has 0 nitrogen and oxygen atoms in total. The molecule has 0 spiro atoms. The van der Waals surface area contributed by atoms with Crippen LogP contribution in [0.2, 0.25) is 0 Å². The van der Waals surface area contributed by atoms with Gasteiger partial charge in [0.25, 0.3) is 0 Å². The number of rotatable bonds is 1. The van der Waals surface area contributed by atoms with Crippen LogP contribution in [0, 0.1) is 0 Å². The van der Waals surface area contributed by atoms with E-state index in [0.717, 1.165) is 9.39 Å². The van der Waals surface area contributed by atoms with Gasteiger partial charge < -0.3 is 0 Å². The van der Waals surface area contributed by atoms with E-state index in [-0.39, 0.29) is 0 Å². The van der Waals surface area contributed by atoms with E-state index in [0.29, 0.717) is 0 Å². The first-order valence-electron chi connectivity index (χ1n) is 2.32. The molecule has 0 saturated carbocycles. The zero-order valence-corrected chi connectivity index (χ0v) is 7.46. The lowest BCUT2D eigenvalue weighted by molar-refractivity contribution is 1.64. The number of hydrogen-bond acceptors (Lipinski definition) is 1. The monoisotopic (exact) mass is 192 g/mol. The number of thiol groups is 1. The molecule has 0 aliphatic heterocycles. The highest BCUT2D eigenvalue weighted by Gasteiger charge is 1.74. The SMILES string of the molecule is C/C(S)=C/C=C(\C)Br. The summed E-state index contributed by atoms with van der Waals surface area (Å²) >= 11 is 7.35. The maximum Gasteiger partial charge on any atom is -0.00801 e. The Labute approximate surface area is 64.2 Å². The van der Waals surface area contributed by atoms with Crippen molar-refractivity contribution in [2.45, 2.75) is 13.8 Å². The maximum absolute atomic E-state index is 4.07. The van der Waals surface area contributed by atoms with Crippen molar-refractivity contribution in [1.82, 2.24) is 0 Å².